The number of rotatable bonds is 2. The third-order valence-corrected chi connectivity index (χ3v) is 6.69. The van der Waals surface area contributed by atoms with Crippen LogP contribution in [0.25, 0.3) is 0 Å². The Morgan fingerprint density at radius 2 is 2.00 bits per heavy atom. The van der Waals surface area contributed by atoms with E-state index in [0.717, 1.165) is 13.2 Å². The molecule has 18 heavy (non-hydrogen) atoms. The lowest BCUT2D eigenvalue weighted by atomic mass is 10.0. The lowest BCUT2D eigenvalue weighted by molar-refractivity contribution is 0.134. The van der Waals surface area contributed by atoms with Gasteiger partial charge in [-0.1, -0.05) is 34.1 Å². The molecule has 0 spiro atoms. The Kier molecular flexibility index (Phi) is 3.63. The second-order valence-corrected chi connectivity index (χ2v) is 7.81. The van der Waals surface area contributed by atoms with Crippen molar-refractivity contribution in [3.8, 4) is 0 Å². The Balaban J connectivity index is 1.94. The Morgan fingerprint density at radius 1 is 1.22 bits per heavy atom. The van der Waals surface area contributed by atoms with Crippen molar-refractivity contribution in [2.75, 3.05) is 0 Å². The number of hydrogen-bond donors (Lipinski definition) is 0. The van der Waals surface area contributed by atoms with Gasteiger partial charge in [0.15, 0.2) is 0 Å². The van der Waals surface area contributed by atoms with Crippen molar-refractivity contribution in [1.82, 2.24) is 0 Å². The summed E-state index contributed by atoms with van der Waals surface area (Å²) in [5.74, 6) is 0. The van der Waals surface area contributed by atoms with Gasteiger partial charge in [-0.2, -0.15) is 0 Å². The van der Waals surface area contributed by atoms with Crippen LogP contribution in [0, 0.1) is 6.92 Å². The zero-order chi connectivity index (χ0) is 12.7. The van der Waals surface area contributed by atoms with Crippen molar-refractivity contribution in [1.29, 1.82) is 0 Å². The van der Waals surface area contributed by atoms with Gasteiger partial charge in [-0.25, -0.2) is 0 Å². The molecule has 0 aliphatic carbocycles. The molecule has 0 saturated heterocycles. The van der Waals surface area contributed by atoms with Gasteiger partial charge in [-0.15, -0.1) is 11.3 Å². The molecule has 1 aliphatic rings. The van der Waals surface area contributed by atoms with Gasteiger partial charge >= 0.3 is 0 Å². The number of alkyl halides is 1. The summed E-state index contributed by atoms with van der Waals surface area (Å²) in [6.07, 6.45) is 0. The van der Waals surface area contributed by atoms with Gasteiger partial charge in [0.05, 0.1) is 21.8 Å². The highest BCUT2D eigenvalue weighted by atomic mass is 79.9. The summed E-state index contributed by atoms with van der Waals surface area (Å²) in [4.78, 5) is 1.59. The smallest absolute Gasteiger partial charge is 0.0738 e. The lowest BCUT2D eigenvalue weighted by Gasteiger charge is -2.09. The number of benzene rings is 1. The van der Waals surface area contributed by atoms with Gasteiger partial charge in [-0.05, 0) is 51.2 Å². The molecule has 1 nitrogen and oxygen atoms in total. The van der Waals surface area contributed by atoms with Crippen LogP contribution in [-0.2, 0) is 18.0 Å². The maximum Gasteiger partial charge on any atom is 0.0738 e. The van der Waals surface area contributed by atoms with E-state index in [0.29, 0.717) is 0 Å². The van der Waals surface area contributed by atoms with Crippen LogP contribution in [0.2, 0.25) is 0 Å². The molecule has 1 aliphatic heterocycles. The minimum absolute atomic E-state index is 0.262. The van der Waals surface area contributed by atoms with E-state index in [1.165, 1.54) is 30.9 Å². The normalized spacial score (nSPS) is 15.7. The predicted molar refractivity (Wildman–Crippen MR) is 82.5 cm³/mol. The monoisotopic (exact) mass is 386 g/mol. The van der Waals surface area contributed by atoms with Crippen LogP contribution in [0.4, 0.5) is 0 Å². The number of aryl methyl sites for hydroxylation is 1. The Bertz CT molecular complexity index is 572. The van der Waals surface area contributed by atoms with Crippen molar-refractivity contribution in [2.24, 2.45) is 0 Å². The van der Waals surface area contributed by atoms with Gasteiger partial charge in [0.25, 0.3) is 0 Å². The van der Waals surface area contributed by atoms with E-state index in [4.69, 9.17) is 4.74 Å². The molecule has 1 aromatic carbocycles. The fraction of sp³-hybridized carbons (Fsp3) is 0.286. The molecule has 3 rings (SSSR count). The average molecular weight is 388 g/mol. The third kappa shape index (κ3) is 2.31. The summed E-state index contributed by atoms with van der Waals surface area (Å²) in [6.45, 7) is 3.63. The van der Waals surface area contributed by atoms with Crippen LogP contribution in [0.1, 0.15) is 32.0 Å². The van der Waals surface area contributed by atoms with Crippen LogP contribution in [0.5, 0.6) is 0 Å². The molecule has 0 fully saturated rings. The molecule has 0 amide bonds. The number of ether oxygens (including phenoxy) is 1. The lowest BCUT2D eigenvalue weighted by Crippen LogP contribution is -1.92. The van der Waals surface area contributed by atoms with Gasteiger partial charge in [0, 0.05) is 4.88 Å². The highest BCUT2D eigenvalue weighted by Crippen LogP contribution is 2.39. The average Bonchev–Trinajstić information content (AvgIpc) is 2.95. The summed E-state index contributed by atoms with van der Waals surface area (Å²) in [6, 6.07) is 8.86. The minimum atomic E-state index is 0.262. The van der Waals surface area contributed by atoms with E-state index < -0.39 is 0 Å². The molecular formula is C14H12Br2OS. The summed E-state index contributed by atoms with van der Waals surface area (Å²) in [5.41, 5.74) is 5.24. The molecule has 0 radical (unpaired) electrons. The molecule has 2 aromatic rings. The van der Waals surface area contributed by atoms with Crippen molar-refractivity contribution >= 4 is 43.2 Å². The fourth-order valence-corrected chi connectivity index (χ4v) is 4.40. The highest BCUT2D eigenvalue weighted by Gasteiger charge is 2.17. The van der Waals surface area contributed by atoms with Crippen LogP contribution in [0.15, 0.2) is 28.1 Å². The second-order valence-electron chi connectivity index (χ2n) is 4.49. The standard InChI is InChI=1S/C14H12Br2OS/c1-8-4-12(18-14(8)16)13(15)9-2-3-10-6-17-7-11(10)5-9/h2-5,13H,6-7H2,1H3. The summed E-state index contributed by atoms with van der Waals surface area (Å²) < 4.78 is 6.67. The number of fused-ring (bicyclic) bond motifs is 1. The van der Waals surface area contributed by atoms with E-state index in [1.54, 1.807) is 11.3 Å². The fourth-order valence-electron chi connectivity index (χ4n) is 2.12. The number of thiophene rings is 1. The molecule has 4 heteroatoms. The van der Waals surface area contributed by atoms with Gasteiger partial charge in [0.1, 0.15) is 0 Å². The van der Waals surface area contributed by atoms with E-state index >= 15 is 0 Å². The minimum Gasteiger partial charge on any atom is -0.372 e. The zero-order valence-electron chi connectivity index (χ0n) is 9.87. The Hall–Kier alpha value is -0.160. The first kappa shape index (κ1) is 12.9. The van der Waals surface area contributed by atoms with Crippen molar-refractivity contribution in [2.45, 2.75) is 25.0 Å². The molecule has 0 saturated carbocycles. The molecule has 0 bridgehead atoms. The van der Waals surface area contributed by atoms with Gasteiger partial charge in [-0.3, -0.25) is 0 Å². The third-order valence-electron chi connectivity index (χ3n) is 3.16. The zero-order valence-corrected chi connectivity index (χ0v) is 13.9. The van der Waals surface area contributed by atoms with E-state index in [2.05, 4.69) is 63.0 Å². The molecule has 1 unspecified atom stereocenters. The maximum atomic E-state index is 5.46. The van der Waals surface area contributed by atoms with E-state index in [9.17, 15) is 0 Å². The first-order valence-corrected chi connectivity index (χ1v) is 8.27. The molecule has 2 heterocycles. The predicted octanol–water partition coefficient (Wildman–Crippen LogP) is 5.33. The number of halogens is 2. The first-order valence-electron chi connectivity index (χ1n) is 5.74. The van der Waals surface area contributed by atoms with Crippen molar-refractivity contribution in [3.63, 3.8) is 0 Å². The summed E-state index contributed by atoms with van der Waals surface area (Å²) in [7, 11) is 0. The topological polar surface area (TPSA) is 9.23 Å². The summed E-state index contributed by atoms with van der Waals surface area (Å²) in [5, 5.41) is 0. The first-order chi connectivity index (χ1) is 8.65. The molecule has 94 valence electrons. The maximum absolute atomic E-state index is 5.46. The molecule has 1 aromatic heterocycles. The van der Waals surface area contributed by atoms with Gasteiger partial charge < -0.3 is 4.74 Å². The molecule has 0 N–H and O–H groups in total. The van der Waals surface area contributed by atoms with Crippen molar-refractivity contribution < 1.29 is 4.74 Å². The van der Waals surface area contributed by atoms with E-state index in [-0.39, 0.29) is 4.83 Å². The van der Waals surface area contributed by atoms with E-state index in [1.807, 2.05) is 0 Å². The van der Waals surface area contributed by atoms with Crippen LogP contribution in [0.3, 0.4) is 0 Å². The largest absolute Gasteiger partial charge is 0.372 e. The van der Waals surface area contributed by atoms with Gasteiger partial charge in [0.2, 0.25) is 0 Å². The quantitative estimate of drug-likeness (QED) is 0.632. The SMILES string of the molecule is Cc1cc(C(Br)c2ccc3c(c2)COC3)sc1Br. The Labute approximate surface area is 127 Å². The van der Waals surface area contributed by atoms with Crippen molar-refractivity contribution in [3.05, 3.63) is 55.2 Å². The Morgan fingerprint density at radius 3 is 2.72 bits per heavy atom. The second kappa shape index (κ2) is 5.08. The van der Waals surface area contributed by atoms with Crippen LogP contribution in [-0.4, -0.2) is 0 Å². The number of hydrogen-bond acceptors (Lipinski definition) is 2. The summed E-state index contributed by atoms with van der Waals surface area (Å²) >= 11 is 9.17. The highest BCUT2D eigenvalue weighted by molar-refractivity contribution is 9.11. The van der Waals surface area contributed by atoms with Crippen LogP contribution >= 0.6 is 43.2 Å². The van der Waals surface area contributed by atoms with Crippen LogP contribution < -0.4 is 0 Å². The molecule has 1 atom stereocenters. The molecular weight excluding hydrogens is 376 g/mol.